The lowest BCUT2D eigenvalue weighted by Crippen LogP contribution is -2.35. The summed E-state index contributed by atoms with van der Waals surface area (Å²) in [7, 11) is 0. The summed E-state index contributed by atoms with van der Waals surface area (Å²) < 4.78 is 5.36. The van der Waals surface area contributed by atoms with Crippen molar-refractivity contribution in [2.24, 2.45) is 5.41 Å². The van der Waals surface area contributed by atoms with E-state index in [0.29, 0.717) is 29.6 Å². The number of hydrogen-bond acceptors (Lipinski definition) is 3. The molecule has 1 heterocycles. The third-order valence-electron chi connectivity index (χ3n) is 3.41. The normalized spacial score (nSPS) is 21.1. The zero-order valence-corrected chi connectivity index (χ0v) is 13.2. The molecule has 6 heteroatoms. The first kappa shape index (κ1) is 17.1. The molecule has 0 radical (unpaired) electrons. The van der Waals surface area contributed by atoms with Crippen molar-refractivity contribution in [1.82, 2.24) is 5.32 Å². The maximum atomic E-state index is 12.2. The summed E-state index contributed by atoms with van der Waals surface area (Å²) in [4.78, 5) is 12.2. The Morgan fingerprint density at radius 1 is 1.55 bits per heavy atom. The van der Waals surface area contributed by atoms with Crippen molar-refractivity contribution < 1.29 is 9.53 Å². The summed E-state index contributed by atoms with van der Waals surface area (Å²) in [5.41, 5.74) is 0.358. The van der Waals surface area contributed by atoms with Gasteiger partial charge in [0.25, 0.3) is 0 Å². The number of nitrogens with one attached hydrogen (secondary N) is 2. The quantitative estimate of drug-likeness (QED) is 0.896. The molecule has 0 saturated carbocycles. The largest absolute Gasteiger partial charge is 0.492 e. The van der Waals surface area contributed by atoms with E-state index in [0.717, 1.165) is 13.0 Å². The Hall–Kier alpha value is -0.970. The molecule has 2 rings (SSSR count). The van der Waals surface area contributed by atoms with E-state index in [9.17, 15) is 4.79 Å². The summed E-state index contributed by atoms with van der Waals surface area (Å²) in [6.45, 7) is 6.03. The molecule has 0 aromatic heterocycles. The Morgan fingerprint density at radius 3 is 2.85 bits per heavy atom. The first-order valence-corrected chi connectivity index (χ1v) is 6.87. The van der Waals surface area contributed by atoms with Crippen LogP contribution in [0.1, 0.15) is 20.3 Å². The summed E-state index contributed by atoms with van der Waals surface area (Å²) in [5.74, 6) is 0.661. The fourth-order valence-corrected chi connectivity index (χ4v) is 2.38. The standard InChI is InChI=1S/C14H19ClN2O2.ClH/c1-3-19-12-5-4-10(8-11(12)15)17-13(18)14(2)6-7-16-9-14;/h4-5,8,16H,3,6-7,9H2,1-2H3,(H,17,18);1H. The maximum absolute atomic E-state index is 12.2. The van der Waals surface area contributed by atoms with E-state index in [2.05, 4.69) is 10.6 Å². The van der Waals surface area contributed by atoms with Crippen LogP contribution in [0.25, 0.3) is 0 Å². The minimum Gasteiger partial charge on any atom is -0.492 e. The average molecular weight is 319 g/mol. The smallest absolute Gasteiger partial charge is 0.231 e. The van der Waals surface area contributed by atoms with E-state index >= 15 is 0 Å². The Kier molecular flexibility index (Phi) is 6.11. The van der Waals surface area contributed by atoms with Gasteiger partial charge in [-0.1, -0.05) is 11.6 Å². The van der Waals surface area contributed by atoms with E-state index < -0.39 is 0 Å². The number of anilines is 1. The molecule has 1 atom stereocenters. The van der Waals surface area contributed by atoms with Crippen LogP contribution in [0.15, 0.2) is 18.2 Å². The van der Waals surface area contributed by atoms with Crippen LogP contribution in [0, 0.1) is 5.41 Å². The Labute approximate surface area is 130 Å². The van der Waals surface area contributed by atoms with Crippen molar-refractivity contribution in [1.29, 1.82) is 0 Å². The minimum absolute atomic E-state index is 0. The van der Waals surface area contributed by atoms with Gasteiger partial charge in [0.05, 0.1) is 17.0 Å². The highest BCUT2D eigenvalue weighted by atomic mass is 35.5. The highest BCUT2D eigenvalue weighted by Crippen LogP contribution is 2.30. The van der Waals surface area contributed by atoms with Crippen molar-refractivity contribution in [3.05, 3.63) is 23.2 Å². The lowest BCUT2D eigenvalue weighted by Gasteiger charge is -2.21. The van der Waals surface area contributed by atoms with Gasteiger partial charge in [-0.15, -0.1) is 12.4 Å². The molecule has 1 aliphatic heterocycles. The molecule has 2 N–H and O–H groups in total. The van der Waals surface area contributed by atoms with Crippen LogP contribution in [-0.2, 0) is 4.79 Å². The Bertz CT molecular complexity index is 474. The van der Waals surface area contributed by atoms with Crippen LogP contribution in [0.3, 0.4) is 0 Å². The first-order valence-electron chi connectivity index (χ1n) is 6.50. The molecule has 1 saturated heterocycles. The lowest BCUT2D eigenvalue weighted by molar-refractivity contribution is -0.123. The molecule has 1 aromatic carbocycles. The van der Waals surface area contributed by atoms with E-state index in [-0.39, 0.29) is 23.7 Å². The van der Waals surface area contributed by atoms with Gasteiger partial charge in [-0.2, -0.15) is 0 Å². The molecule has 0 bridgehead atoms. The molecule has 1 amide bonds. The number of rotatable bonds is 4. The molecule has 4 nitrogen and oxygen atoms in total. The van der Waals surface area contributed by atoms with Gasteiger partial charge >= 0.3 is 0 Å². The SMILES string of the molecule is CCOc1ccc(NC(=O)C2(C)CCNC2)cc1Cl.Cl. The van der Waals surface area contributed by atoms with Gasteiger partial charge in [-0.05, 0) is 45.0 Å². The Morgan fingerprint density at radius 2 is 2.30 bits per heavy atom. The van der Waals surface area contributed by atoms with Crippen LogP contribution in [0.4, 0.5) is 5.69 Å². The predicted molar refractivity (Wildman–Crippen MR) is 84.1 cm³/mol. The number of carbonyl (C=O) groups is 1. The third-order valence-corrected chi connectivity index (χ3v) is 3.70. The number of amides is 1. The van der Waals surface area contributed by atoms with Crippen LogP contribution in [-0.4, -0.2) is 25.6 Å². The lowest BCUT2D eigenvalue weighted by atomic mass is 9.89. The zero-order valence-electron chi connectivity index (χ0n) is 11.7. The third kappa shape index (κ3) is 3.78. The van der Waals surface area contributed by atoms with Crippen LogP contribution in [0.5, 0.6) is 5.75 Å². The second-order valence-corrected chi connectivity index (χ2v) is 5.43. The summed E-state index contributed by atoms with van der Waals surface area (Å²) in [5, 5.41) is 6.63. The van der Waals surface area contributed by atoms with E-state index in [1.54, 1.807) is 18.2 Å². The summed E-state index contributed by atoms with van der Waals surface area (Å²) in [6, 6.07) is 5.30. The fourth-order valence-electron chi connectivity index (χ4n) is 2.14. The first-order chi connectivity index (χ1) is 9.05. The number of hydrogen-bond donors (Lipinski definition) is 2. The molecular formula is C14H20Cl2N2O2. The maximum Gasteiger partial charge on any atom is 0.231 e. The van der Waals surface area contributed by atoms with Gasteiger partial charge in [-0.25, -0.2) is 0 Å². The minimum atomic E-state index is -0.342. The van der Waals surface area contributed by atoms with Crippen molar-refractivity contribution in [2.45, 2.75) is 20.3 Å². The molecule has 112 valence electrons. The van der Waals surface area contributed by atoms with Crippen molar-refractivity contribution in [3.8, 4) is 5.75 Å². The molecule has 1 aliphatic rings. The molecule has 1 aromatic rings. The number of halogens is 2. The van der Waals surface area contributed by atoms with E-state index in [4.69, 9.17) is 16.3 Å². The predicted octanol–water partition coefficient (Wildman–Crippen LogP) is 3.10. The molecule has 1 unspecified atom stereocenters. The highest BCUT2D eigenvalue weighted by molar-refractivity contribution is 6.32. The van der Waals surface area contributed by atoms with Gasteiger partial charge in [0.1, 0.15) is 5.75 Å². The second kappa shape index (κ2) is 7.16. The zero-order chi connectivity index (χ0) is 13.9. The van der Waals surface area contributed by atoms with Crippen molar-refractivity contribution in [3.63, 3.8) is 0 Å². The van der Waals surface area contributed by atoms with E-state index in [1.807, 2.05) is 13.8 Å². The number of ether oxygens (including phenoxy) is 1. The van der Waals surface area contributed by atoms with E-state index in [1.165, 1.54) is 0 Å². The molecule has 1 fully saturated rings. The molecule has 0 spiro atoms. The summed E-state index contributed by atoms with van der Waals surface area (Å²) >= 11 is 6.10. The van der Waals surface area contributed by atoms with Gasteiger partial charge in [0.15, 0.2) is 0 Å². The van der Waals surface area contributed by atoms with Crippen LogP contribution >= 0.6 is 24.0 Å². The van der Waals surface area contributed by atoms with Gasteiger partial charge < -0.3 is 15.4 Å². The number of benzene rings is 1. The molecule has 20 heavy (non-hydrogen) atoms. The monoisotopic (exact) mass is 318 g/mol. The highest BCUT2D eigenvalue weighted by Gasteiger charge is 2.36. The fraction of sp³-hybridized carbons (Fsp3) is 0.500. The topological polar surface area (TPSA) is 50.4 Å². The van der Waals surface area contributed by atoms with Gasteiger partial charge in [0, 0.05) is 12.2 Å². The van der Waals surface area contributed by atoms with Crippen molar-refractivity contribution in [2.75, 3.05) is 25.0 Å². The van der Waals surface area contributed by atoms with Crippen LogP contribution < -0.4 is 15.4 Å². The summed E-state index contributed by atoms with van der Waals surface area (Å²) in [6.07, 6.45) is 0.851. The second-order valence-electron chi connectivity index (χ2n) is 5.02. The average Bonchev–Trinajstić information content (AvgIpc) is 2.81. The molecule has 0 aliphatic carbocycles. The number of carbonyl (C=O) groups excluding carboxylic acids is 1. The Balaban J connectivity index is 0.00000200. The van der Waals surface area contributed by atoms with Gasteiger partial charge in [0.2, 0.25) is 5.91 Å². The van der Waals surface area contributed by atoms with Crippen molar-refractivity contribution >= 4 is 35.6 Å². The van der Waals surface area contributed by atoms with Gasteiger partial charge in [-0.3, -0.25) is 4.79 Å². The van der Waals surface area contributed by atoms with Crippen LogP contribution in [0.2, 0.25) is 5.02 Å². The molecular weight excluding hydrogens is 299 g/mol.